The van der Waals surface area contributed by atoms with E-state index in [-0.39, 0.29) is 0 Å². The molecule has 0 bridgehead atoms. The van der Waals surface area contributed by atoms with Gasteiger partial charge >= 0.3 is 0 Å². The average molecular weight is 685 g/mol. The molecule has 0 spiro atoms. The number of aromatic nitrogens is 2. The molecule has 53 heavy (non-hydrogen) atoms. The smallest absolute Gasteiger partial charge is 0.245 e. The molecule has 8 aromatic rings. The van der Waals surface area contributed by atoms with E-state index in [1.165, 1.54) is 11.1 Å². The standard InChI is InChI=1S/C49H36N2O2/c1-49(2)52-47-20-18-35(41-26-43(37-15-9-21-50-31-37)28-44(27-41)38-16-10-22-51-32-38)29-46(47)45-19-17-36(30-48(45)53-49)42-24-39(33-11-5-3-6-12-33)23-40(25-42)34-13-7-4-8-14-34/h3-32H,1-2H3. The zero-order valence-electron chi connectivity index (χ0n) is 29.5. The number of rotatable bonds is 6. The normalized spacial score (nSPS) is 12.8. The van der Waals surface area contributed by atoms with Crippen LogP contribution >= 0.6 is 0 Å². The lowest BCUT2D eigenvalue weighted by Crippen LogP contribution is -2.34. The minimum atomic E-state index is -0.894. The van der Waals surface area contributed by atoms with Crippen molar-refractivity contribution >= 4 is 0 Å². The summed E-state index contributed by atoms with van der Waals surface area (Å²) in [6.07, 6.45) is 7.41. The molecule has 254 valence electrons. The van der Waals surface area contributed by atoms with Crippen LogP contribution in [0.4, 0.5) is 0 Å². The number of ether oxygens (including phenoxy) is 2. The fourth-order valence-corrected chi connectivity index (χ4v) is 7.15. The molecule has 0 N–H and O–H groups in total. The van der Waals surface area contributed by atoms with Crippen LogP contribution in [-0.4, -0.2) is 15.8 Å². The van der Waals surface area contributed by atoms with Gasteiger partial charge in [0.15, 0.2) is 0 Å². The molecule has 9 rings (SSSR count). The Morgan fingerprint density at radius 2 is 0.774 bits per heavy atom. The summed E-state index contributed by atoms with van der Waals surface area (Å²) in [5.41, 5.74) is 15.2. The van der Waals surface area contributed by atoms with Crippen molar-refractivity contribution in [3.05, 3.63) is 183 Å². The Balaban J connectivity index is 1.17. The van der Waals surface area contributed by atoms with Crippen molar-refractivity contribution in [2.24, 2.45) is 0 Å². The Labute approximate surface area is 310 Å². The first-order valence-corrected chi connectivity index (χ1v) is 17.8. The van der Waals surface area contributed by atoms with E-state index in [4.69, 9.17) is 9.47 Å². The van der Waals surface area contributed by atoms with Gasteiger partial charge < -0.3 is 9.47 Å². The van der Waals surface area contributed by atoms with Crippen molar-refractivity contribution in [2.75, 3.05) is 0 Å². The van der Waals surface area contributed by atoms with Crippen LogP contribution in [0.15, 0.2) is 183 Å². The van der Waals surface area contributed by atoms with Gasteiger partial charge in [-0.1, -0.05) is 84.9 Å². The maximum atomic E-state index is 6.68. The molecular formula is C49H36N2O2. The molecule has 0 atom stereocenters. The van der Waals surface area contributed by atoms with Crippen LogP contribution in [0.5, 0.6) is 11.5 Å². The highest BCUT2D eigenvalue weighted by atomic mass is 16.7. The third-order valence-electron chi connectivity index (χ3n) is 9.70. The minimum absolute atomic E-state index is 0.773. The second kappa shape index (κ2) is 13.4. The van der Waals surface area contributed by atoms with Crippen LogP contribution in [0, 0.1) is 0 Å². The number of hydrogen-bond acceptors (Lipinski definition) is 4. The molecule has 0 unspecified atom stereocenters. The quantitative estimate of drug-likeness (QED) is 0.175. The maximum Gasteiger partial charge on any atom is 0.245 e. The van der Waals surface area contributed by atoms with Gasteiger partial charge in [-0.05, 0) is 128 Å². The van der Waals surface area contributed by atoms with Crippen molar-refractivity contribution < 1.29 is 9.47 Å². The summed E-state index contributed by atoms with van der Waals surface area (Å²) in [6, 6.07) is 55.6. The number of fused-ring (bicyclic) bond motifs is 3. The lowest BCUT2D eigenvalue weighted by atomic mass is 9.91. The third-order valence-corrected chi connectivity index (χ3v) is 9.70. The highest BCUT2D eigenvalue weighted by molar-refractivity contribution is 5.88. The number of hydrogen-bond donors (Lipinski definition) is 0. The summed E-state index contributed by atoms with van der Waals surface area (Å²) < 4.78 is 13.2. The number of nitrogens with zero attached hydrogens (tertiary/aromatic N) is 2. The molecule has 6 aromatic carbocycles. The zero-order valence-corrected chi connectivity index (χ0v) is 29.5. The molecule has 0 saturated heterocycles. The second-order valence-electron chi connectivity index (χ2n) is 13.8. The third kappa shape index (κ3) is 6.59. The fourth-order valence-electron chi connectivity index (χ4n) is 7.15. The number of pyridine rings is 2. The molecule has 4 nitrogen and oxygen atoms in total. The minimum Gasteiger partial charge on any atom is -0.452 e. The van der Waals surface area contributed by atoms with Crippen molar-refractivity contribution in [1.82, 2.24) is 9.97 Å². The van der Waals surface area contributed by atoms with E-state index in [0.717, 1.165) is 78.3 Å². The van der Waals surface area contributed by atoms with Crippen molar-refractivity contribution in [3.8, 4) is 89.4 Å². The van der Waals surface area contributed by atoms with E-state index < -0.39 is 5.79 Å². The average Bonchev–Trinajstić information content (AvgIpc) is 3.33. The van der Waals surface area contributed by atoms with Crippen LogP contribution in [0.2, 0.25) is 0 Å². The Hall–Kier alpha value is -6.78. The molecule has 1 aliphatic heterocycles. The Morgan fingerprint density at radius 3 is 1.28 bits per heavy atom. The van der Waals surface area contributed by atoms with Crippen molar-refractivity contribution in [1.29, 1.82) is 0 Å². The molecule has 1 aliphatic rings. The van der Waals surface area contributed by atoms with Crippen LogP contribution in [0.3, 0.4) is 0 Å². The molecule has 0 aliphatic carbocycles. The van der Waals surface area contributed by atoms with Gasteiger partial charge in [0.2, 0.25) is 5.79 Å². The summed E-state index contributed by atoms with van der Waals surface area (Å²) in [6.45, 7) is 3.93. The van der Waals surface area contributed by atoms with Crippen molar-refractivity contribution in [3.63, 3.8) is 0 Å². The van der Waals surface area contributed by atoms with Crippen LogP contribution in [0.1, 0.15) is 13.8 Å². The lowest BCUT2D eigenvalue weighted by Gasteiger charge is -2.26. The van der Waals surface area contributed by atoms with Crippen molar-refractivity contribution in [2.45, 2.75) is 19.6 Å². The van der Waals surface area contributed by atoms with E-state index in [1.54, 1.807) is 12.4 Å². The molecule has 0 amide bonds. The molecule has 0 fully saturated rings. The van der Waals surface area contributed by atoms with Gasteiger partial charge in [-0.2, -0.15) is 0 Å². The molecule has 3 heterocycles. The van der Waals surface area contributed by atoms with Gasteiger partial charge in [0.05, 0.1) is 0 Å². The van der Waals surface area contributed by atoms with Gasteiger partial charge in [-0.3, -0.25) is 9.97 Å². The first kappa shape index (κ1) is 32.1. The van der Waals surface area contributed by atoms with Crippen LogP contribution in [-0.2, 0) is 0 Å². The van der Waals surface area contributed by atoms with E-state index in [1.807, 2.05) is 38.4 Å². The molecule has 0 radical (unpaired) electrons. The van der Waals surface area contributed by atoms with E-state index >= 15 is 0 Å². The maximum absolute atomic E-state index is 6.68. The summed E-state index contributed by atoms with van der Waals surface area (Å²) in [5.74, 6) is 0.656. The summed E-state index contributed by atoms with van der Waals surface area (Å²) in [5, 5.41) is 0. The topological polar surface area (TPSA) is 44.2 Å². The lowest BCUT2D eigenvalue weighted by molar-refractivity contribution is -0.0778. The van der Waals surface area contributed by atoms with Gasteiger partial charge in [0, 0.05) is 60.9 Å². The largest absolute Gasteiger partial charge is 0.452 e. The highest BCUT2D eigenvalue weighted by Crippen LogP contribution is 2.46. The highest BCUT2D eigenvalue weighted by Gasteiger charge is 2.30. The Bertz CT molecular complexity index is 2450. The summed E-state index contributed by atoms with van der Waals surface area (Å²) in [7, 11) is 0. The molecular weight excluding hydrogens is 649 g/mol. The molecule has 2 aromatic heterocycles. The fraction of sp³-hybridized carbons (Fsp3) is 0.0612. The molecule has 0 saturated carbocycles. The number of benzene rings is 6. The Morgan fingerprint density at radius 1 is 0.340 bits per heavy atom. The first-order valence-electron chi connectivity index (χ1n) is 17.8. The van der Waals surface area contributed by atoms with E-state index in [0.29, 0.717) is 0 Å². The first-order chi connectivity index (χ1) is 26.0. The molecule has 4 heteroatoms. The van der Waals surface area contributed by atoms with E-state index in [2.05, 4.69) is 156 Å². The van der Waals surface area contributed by atoms with Gasteiger partial charge in [-0.15, -0.1) is 0 Å². The van der Waals surface area contributed by atoms with Gasteiger partial charge in [0.25, 0.3) is 0 Å². The predicted molar refractivity (Wildman–Crippen MR) is 215 cm³/mol. The summed E-state index contributed by atoms with van der Waals surface area (Å²) >= 11 is 0. The van der Waals surface area contributed by atoms with Gasteiger partial charge in [0.1, 0.15) is 11.5 Å². The SMILES string of the molecule is CC1(C)Oc2cc(-c3cc(-c4ccccc4)cc(-c4ccccc4)c3)ccc2-c2cc(-c3cc(-c4cccnc4)cc(-c4cccnc4)c3)ccc2O1. The van der Waals surface area contributed by atoms with Gasteiger partial charge in [-0.25, -0.2) is 0 Å². The van der Waals surface area contributed by atoms with E-state index in [9.17, 15) is 0 Å². The second-order valence-corrected chi connectivity index (χ2v) is 13.8. The Kier molecular flexibility index (Phi) is 8.13. The van der Waals surface area contributed by atoms with Crippen LogP contribution < -0.4 is 9.47 Å². The monoisotopic (exact) mass is 684 g/mol. The van der Waals surface area contributed by atoms with Crippen LogP contribution in [0.25, 0.3) is 77.9 Å². The zero-order chi connectivity index (χ0) is 35.8. The summed E-state index contributed by atoms with van der Waals surface area (Å²) in [4.78, 5) is 8.80. The predicted octanol–water partition coefficient (Wildman–Crippen LogP) is 12.7.